The average Bonchev–Trinajstić information content (AvgIpc) is 3.51. The fourth-order valence-electron chi connectivity index (χ4n) is 4.74. The van der Waals surface area contributed by atoms with Crippen LogP contribution in [0.15, 0.2) is 97.1 Å². The largest absolute Gasteiger partial charge is 0.184 e. The zero-order valence-electron chi connectivity index (χ0n) is 20.6. The van der Waals surface area contributed by atoms with Crippen molar-refractivity contribution in [3.8, 4) is 22.3 Å². The predicted molar refractivity (Wildman–Crippen MR) is 156 cm³/mol. The monoisotopic (exact) mass is 600 g/mol. The van der Waals surface area contributed by atoms with Gasteiger partial charge in [0, 0.05) is 0 Å². The van der Waals surface area contributed by atoms with Crippen molar-refractivity contribution < 1.29 is 20.8 Å². The van der Waals surface area contributed by atoms with Crippen LogP contribution in [0.1, 0.15) is 31.4 Å². The molecule has 4 heteroatoms. The summed E-state index contributed by atoms with van der Waals surface area (Å²) in [7, 11) is 10.7. The number of aryl methyl sites for hydroxylation is 2. The van der Waals surface area contributed by atoms with Crippen molar-refractivity contribution in [3.05, 3.63) is 114 Å². The quantitative estimate of drug-likeness (QED) is 0.141. The van der Waals surface area contributed by atoms with E-state index >= 15 is 0 Å². The van der Waals surface area contributed by atoms with E-state index in [1.807, 2.05) is 6.07 Å². The summed E-state index contributed by atoms with van der Waals surface area (Å²) in [6.07, 6.45) is 3.44. The topological polar surface area (TPSA) is 0 Å². The molecular weight excluding hydrogens is 575 g/mol. The normalized spacial score (nSPS) is 10.9. The van der Waals surface area contributed by atoms with Crippen molar-refractivity contribution in [3.63, 3.8) is 0 Å². The molecule has 6 rings (SSSR count). The van der Waals surface area contributed by atoms with E-state index in [0.29, 0.717) is 0 Å². The molecule has 5 aromatic rings. The molecule has 0 aromatic heterocycles. The summed E-state index contributed by atoms with van der Waals surface area (Å²) < 4.78 is 0. The van der Waals surface area contributed by atoms with Crippen molar-refractivity contribution in [2.75, 3.05) is 0 Å². The van der Waals surface area contributed by atoms with Crippen molar-refractivity contribution in [1.29, 1.82) is 0 Å². The standard InChI is InChI=1S/C20H21.C12H7Si.2ClH.Zr/c1-3-8-16-11-12-18-13-15(4-2)14-19(18)20(16)17-9-6-5-7-10-17;1-3-7-11-9(5-1)10-6-2-4-8-12(10)13-11;;;/h5-7,9-14H,3-4,8H2,1-2H3;1-7H;2*1H;/q2*-1;;;+4/p-2. The Morgan fingerprint density at radius 3 is 2.33 bits per heavy atom. The molecule has 0 unspecified atom stereocenters. The van der Waals surface area contributed by atoms with Gasteiger partial charge < -0.3 is 0 Å². The zero-order chi connectivity index (χ0) is 25.3. The van der Waals surface area contributed by atoms with Crippen molar-refractivity contribution in [2.45, 2.75) is 33.1 Å². The van der Waals surface area contributed by atoms with Gasteiger partial charge >= 0.3 is 37.9 Å². The molecular formula is C32H28Cl2SiZr. The third-order valence-electron chi connectivity index (χ3n) is 6.36. The van der Waals surface area contributed by atoms with Crippen LogP contribution >= 0.6 is 17.0 Å². The first-order valence-corrected chi connectivity index (χ1v) is 19.6. The first-order chi connectivity index (χ1) is 17.7. The molecule has 36 heavy (non-hydrogen) atoms. The van der Waals surface area contributed by atoms with Gasteiger partial charge in [0.05, 0.1) is 9.52 Å². The summed E-state index contributed by atoms with van der Waals surface area (Å²) in [4.78, 5) is 0. The zero-order valence-corrected chi connectivity index (χ0v) is 25.6. The van der Waals surface area contributed by atoms with E-state index in [1.165, 1.54) is 60.9 Å². The number of fused-ring (bicyclic) bond motifs is 4. The second-order valence-corrected chi connectivity index (χ2v) is 13.7. The van der Waals surface area contributed by atoms with Crippen molar-refractivity contribution >= 4 is 47.7 Å². The Morgan fingerprint density at radius 2 is 1.58 bits per heavy atom. The van der Waals surface area contributed by atoms with E-state index in [1.54, 1.807) is 0 Å². The third kappa shape index (κ3) is 6.35. The summed E-state index contributed by atoms with van der Waals surface area (Å²) in [5, 5.41) is 5.61. The maximum atomic E-state index is 4.93. The minimum atomic E-state index is -0.826. The molecule has 1 aliphatic heterocycles. The minimum absolute atomic E-state index is 0.795. The summed E-state index contributed by atoms with van der Waals surface area (Å²) in [5.41, 5.74) is 8.45. The van der Waals surface area contributed by atoms with E-state index in [4.69, 9.17) is 17.0 Å². The minimum Gasteiger partial charge on any atom is -0.184 e. The number of rotatable bonds is 4. The van der Waals surface area contributed by atoms with Crippen LogP contribution in [0.5, 0.6) is 0 Å². The Kier molecular flexibility index (Phi) is 10.3. The number of halogens is 2. The SMILES string of the molecule is CCCc1ccc2[cH-]c(CC)cc2c1-c1ccccc1.[Cl][Zr+2][Cl].[c-]1cccc2c1[Si]c1ccccc1-2. The Balaban J connectivity index is 0.000000163. The fourth-order valence-corrected chi connectivity index (χ4v) is 6.05. The molecule has 0 spiro atoms. The van der Waals surface area contributed by atoms with Crippen molar-refractivity contribution in [1.82, 2.24) is 0 Å². The Bertz CT molecular complexity index is 1370. The summed E-state index contributed by atoms with van der Waals surface area (Å²) in [6.45, 7) is 4.48. The molecule has 0 saturated carbocycles. The van der Waals surface area contributed by atoms with Crippen LogP contribution in [0.3, 0.4) is 0 Å². The Morgan fingerprint density at radius 1 is 0.861 bits per heavy atom. The molecule has 0 saturated heterocycles. The van der Waals surface area contributed by atoms with Crippen LogP contribution in [-0.4, -0.2) is 9.52 Å². The van der Waals surface area contributed by atoms with Gasteiger partial charge in [0.2, 0.25) is 0 Å². The van der Waals surface area contributed by atoms with Gasteiger partial charge in [-0.05, 0) is 18.4 Å². The maximum Gasteiger partial charge on any atom is 0.0920 e. The van der Waals surface area contributed by atoms with Crippen LogP contribution in [0.4, 0.5) is 0 Å². The van der Waals surface area contributed by atoms with Crippen LogP contribution < -0.4 is 10.4 Å². The van der Waals surface area contributed by atoms with E-state index < -0.39 is 20.8 Å². The van der Waals surface area contributed by atoms with E-state index in [-0.39, 0.29) is 0 Å². The van der Waals surface area contributed by atoms with Crippen LogP contribution in [0.25, 0.3) is 33.0 Å². The molecule has 5 aromatic carbocycles. The Hall–Kier alpha value is -1.83. The van der Waals surface area contributed by atoms with Crippen LogP contribution in [0.2, 0.25) is 0 Å². The third-order valence-corrected chi connectivity index (χ3v) is 7.73. The van der Waals surface area contributed by atoms with Crippen LogP contribution in [0, 0.1) is 6.07 Å². The van der Waals surface area contributed by atoms with Gasteiger partial charge in [-0.15, -0.1) is 40.1 Å². The van der Waals surface area contributed by atoms with E-state index in [9.17, 15) is 0 Å². The van der Waals surface area contributed by atoms with E-state index in [2.05, 4.69) is 111 Å². The molecule has 178 valence electrons. The summed E-state index contributed by atoms with van der Waals surface area (Å²) in [5.74, 6) is 0. The smallest absolute Gasteiger partial charge is 0.0920 e. The first-order valence-electron chi connectivity index (χ1n) is 12.3. The fraction of sp³-hybridized carbons (Fsp3) is 0.156. The average molecular weight is 603 g/mol. The number of benzene rings is 4. The van der Waals surface area contributed by atoms with Crippen molar-refractivity contribution in [2.24, 2.45) is 0 Å². The van der Waals surface area contributed by atoms with Crippen LogP contribution in [-0.2, 0) is 33.7 Å². The van der Waals surface area contributed by atoms with Gasteiger partial charge in [0.15, 0.2) is 0 Å². The molecule has 2 radical (unpaired) electrons. The molecule has 1 aliphatic rings. The van der Waals surface area contributed by atoms with Gasteiger partial charge in [-0.1, -0.05) is 96.7 Å². The second kappa shape index (κ2) is 13.6. The molecule has 0 atom stereocenters. The van der Waals surface area contributed by atoms with Gasteiger partial charge in [-0.3, -0.25) is 0 Å². The van der Waals surface area contributed by atoms with E-state index in [0.717, 1.165) is 22.4 Å². The molecule has 0 N–H and O–H groups in total. The first kappa shape index (κ1) is 27.2. The van der Waals surface area contributed by atoms with Gasteiger partial charge in [0.1, 0.15) is 0 Å². The number of hydrogen-bond donors (Lipinski definition) is 0. The summed E-state index contributed by atoms with van der Waals surface area (Å²) >= 11 is -0.826. The molecule has 0 nitrogen and oxygen atoms in total. The second-order valence-electron chi connectivity index (χ2n) is 8.64. The molecule has 0 aliphatic carbocycles. The molecule has 1 heterocycles. The molecule has 0 fully saturated rings. The Labute approximate surface area is 236 Å². The predicted octanol–water partition coefficient (Wildman–Crippen LogP) is 8.24. The van der Waals surface area contributed by atoms with Gasteiger partial charge in [-0.2, -0.15) is 35.5 Å². The number of hydrogen-bond acceptors (Lipinski definition) is 0. The van der Waals surface area contributed by atoms with Gasteiger partial charge in [0.25, 0.3) is 0 Å². The van der Waals surface area contributed by atoms with Gasteiger partial charge in [-0.25, -0.2) is 0 Å². The molecule has 0 amide bonds. The summed E-state index contributed by atoms with van der Waals surface area (Å²) in [6, 6.07) is 38.3. The molecule has 0 bridgehead atoms. The maximum absolute atomic E-state index is 4.93.